The normalized spacial score (nSPS) is 20.2. The molecule has 0 radical (unpaired) electrons. The molecule has 1 aliphatic rings. The van der Waals surface area contributed by atoms with Gasteiger partial charge in [-0.2, -0.15) is 0 Å². The molecule has 0 aromatic heterocycles. The third-order valence-corrected chi connectivity index (χ3v) is 4.69. The fraction of sp³-hybridized carbons (Fsp3) is 0.438. The van der Waals surface area contributed by atoms with Gasteiger partial charge in [0.1, 0.15) is 5.54 Å². The molecule has 1 heterocycles. The van der Waals surface area contributed by atoms with Crippen molar-refractivity contribution in [3.63, 3.8) is 0 Å². The molecule has 1 saturated heterocycles. The summed E-state index contributed by atoms with van der Waals surface area (Å²) in [5.41, 5.74) is -0.597. The zero-order chi connectivity index (χ0) is 17.2. The number of carboxylic acids is 1. The fourth-order valence-electron chi connectivity index (χ4n) is 2.44. The molecule has 0 spiro atoms. The number of amides is 2. The number of carbonyl (C=O) groups is 3. The predicted molar refractivity (Wildman–Crippen MR) is 89.1 cm³/mol. The van der Waals surface area contributed by atoms with E-state index in [0.717, 1.165) is 10.2 Å². The Morgan fingerprint density at radius 1 is 1.48 bits per heavy atom. The summed E-state index contributed by atoms with van der Waals surface area (Å²) in [4.78, 5) is 37.4. The highest BCUT2D eigenvalue weighted by Crippen LogP contribution is 2.27. The summed E-state index contributed by atoms with van der Waals surface area (Å²) < 4.78 is 0.847. The molecule has 23 heavy (non-hydrogen) atoms. The minimum absolute atomic E-state index is 0.0811. The lowest BCUT2D eigenvalue weighted by atomic mass is 9.97. The van der Waals surface area contributed by atoms with Crippen LogP contribution in [-0.4, -0.2) is 35.0 Å². The Balaban J connectivity index is 2.10. The zero-order valence-corrected chi connectivity index (χ0v) is 14.6. The van der Waals surface area contributed by atoms with E-state index >= 15 is 0 Å². The summed E-state index contributed by atoms with van der Waals surface area (Å²) >= 11 is 3.36. The smallest absolute Gasteiger partial charge is 0.329 e. The molecule has 1 aromatic rings. The van der Waals surface area contributed by atoms with Gasteiger partial charge in [0.15, 0.2) is 0 Å². The molecule has 2 unspecified atom stereocenters. The van der Waals surface area contributed by atoms with E-state index in [0.29, 0.717) is 0 Å². The van der Waals surface area contributed by atoms with Crippen LogP contribution in [0.5, 0.6) is 0 Å². The Hall–Kier alpha value is -1.89. The van der Waals surface area contributed by atoms with Gasteiger partial charge in [0.2, 0.25) is 11.8 Å². The maximum absolute atomic E-state index is 12.4. The molecular weight excluding hydrogens is 364 g/mol. The van der Waals surface area contributed by atoms with Crippen molar-refractivity contribution in [2.75, 3.05) is 11.4 Å². The van der Waals surface area contributed by atoms with Crippen molar-refractivity contribution in [3.8, 4) is 0 Å². The third-order valence-electron chi connectivity index (χ3n) is 4.19. The topological polar surface area (TPSA) is 86.7 Å². The van der Waals surface area contributed by atoms with Gasteiger partial charge in [-0.15, -0.1) is 0 Å². The van der Waals surface area contributed by atoms with Gasteiger partial charge < -0.3 is 15.3 Å². The predicted octanol–water partition coefficient (Wildman–Crippen LogP) is 2.17. The summed E-state index contributed by atoms with van der Waals surface area (Å²) in [5, 5.41) is 11.8. The van der Waals surface area contributed by atoms with Gasteiger partial charge >= 0.3 is 5.97 Å². The molecule has 1 fully saturated rings. The van der Waals surface area contributed by atoms with E-state index in [9.17, 15) is 19.5 Å². The number of carbonyl (C=O) groups excluding carboxylic acids is 2. The molecule has 0 bridgehead atoms. The summed E-state index contributed by atoms with van der Waals surface area (Å²) in [6.45, 7) is 3.42. The molecular formula is C16H19BrN2O4. The number of carboxylic acid groups (broad SMARTS) is 1. The zero-order valence-electron chi connectivity index (χ0n) is 13.0. The largest absolute Gasteiger partial charge is 0.480 e. The first-order valence-corrected chi connectivity index (χ1v) is 8.17. The summed E-state index contributed by atoms with van der Waals surface area (Å²) in [6.07, 6.45) is 0.349. The average Bonchev–Trinajstić information content (AvgIpc) is 2.89. The van der Waals surface area contributed by atoms with Crippen molar-refractivity contribution in [2.45, 2.75) is 32.2 Å². The molecule has 2 rings (SSSR count). The van der Waals surface area contributed by atoms with Gasteiger partial charge in [0, 0.05) is 23.1 Å². The van der Waals surface area contributed by atoms with Crippen molar-refractivity contribution in [1.82, 2.24) is 5.32 Å². The summed E-state index contributed by atoms with van der Waals surface area (Å²) in [7, 11) is 0. The van der Waals surface area contributed by atoms with E-state index in [4.69, 9.17) is 0 Å². The van der Waals surface area contributed by atoms with E-state index in [1.165, 1.54) is 6.92 Å². The van der Waals surface area contributed by atoms with E-state index in [1.54, 1.807) is 17.9 Å². The number of aliphatic carboxylic acids is 1. The maximum atomic E-state index is 12.4. The van der Waals surface area contributed by atoms with Crippen LogP contribution in [0.1, 0.15) is 26.7 Å². The van der Waals surface area contributed by atoms with Crippen molar-refractivity contribution in [2.24, 2.45) is 5.92 Å². The highest BCUT2D eigenvalue weighted by atomic mass is 79.9. The van der Waals surface area contributed by atoms with E-state index < -0.39 is 23.3 Å². The number of halogens is 1. The van der Waals surface area contributed by atoms with Gasteiger partial charge in [-0.05, 0) is 31.5 Å². The quantitative estimate of drug-likeness (QED) is 0.816. The van der Waals surface area contributed by atoms with Gasteiger partial charge in [0.25, 0.3) is 0 Å². The van der Waals surface area contributed by atoms with Crippen LogP contribution >= 0.6 is 15.9 Å². The lowest BCUT2D eigenvalue weighted by molar-refractivity contribution is -0.147. The molecule has 6 nitrogen and oxygen atoms in total. The third kappa shape index (κ3) is 3.72. The summed E-state index contributed by atoms with van der Waals surface area (Å²) in [6, 6.07) is 7.29. The molecule has 124 valence electrons. The number of nitrogens with one attached hydrogen (secondary N) is 1. The molecule has 2 N–H and O–H groups in total. The molecule has 7 heteroatoms. The van der Waals surface area contributed by atoms with Crippen LogP contribution in [0.3, 0.4) is 0 Å². The maximum Gasteiger partial charge on any atom is 0.329 e. The number of rotatable bonds is 5. The van der Waals surface area contributed by atoms with Gasteiger partial charge in [-0.25, -0.2) is 4.79 Å². The fourth-order valence-corrected chi connectivity index (χ4v) is 2.83. The SMILES string of the molecule is CCC(C)(NC(=O)C1CC(=O)N(c2cccc(Br)c2)C1)C(=O)O. The highest BCUT2D eigenvalue weighted by molar-refractivity contribution is 9.10. The van der Waals surface area contributed by atoms with E-state index in [1.807, 2.05) is 18.2 Å². The highest BCUT2D eigenvalue weighted by Gasteiger charge is 2.39. The average molecular weight is 383 g/mol. The Morgan fingerprint density at radius 3 is 2.74 bits per heavy atom. The molecule has 1 aliphatic heterocycles. The Morgan fingerprint density at radius 2 is 2.17 bits per heavy atom. The van der Waals surface area contributed by atoms with E-state index in [2.05, 4.69) is 21.2 Å². The van der Waals surface area contributed by atoms with Crippen LogP contribution < -0.4 is 10.2 Å². The first kappa shape index (κ1) is 17.5. The molecule has 2 atom stereocenters. The van der Waals surface area contributed by atoms with Crippen molar-refractivity contribution in [1.29, 1.82) is 0 Å². The van der Waals surface area contributed by atoms with Crippen LogP contribution in [-0.2, 0) is 14.4 Å². The van der Waals surface area contributed by atoms with Crippen LogP contribution in [0.4, 0.5) is 5.69 Å². The Labute approximate surface area is 143 Å². The summed E-state index contributed by atoms with van der Waals surface area (Å²) in [5.74, 6) is -2.17. The monoisotopic (exact) mass is 382 g/mol. The van der Waals surface area contributed by atoms with Crippen molar-refractivity contribution in [3.05, 3.63) is 28.7 Å². The molecule has 2 amide bonds. The van der Waals surface area contributed by atoms with E-state index in [-0.39, 0.29) is 25.3 Å². The lowest BCUT2D eigenvalue weighted by Gasteiger charge is -2.26. The lowest BCUT2D eigenvalue weighted by Crippen LogP contribution is -2.53. The van der Waals surface area contributed by atoms with Crippen molar-refractivity contribution >= 4 is 39.4 Å². The molecule has 0 aliphatic carbocycles. The van der Waals surface area contributed by atoms with Crippen LogP contribution in [0.25, 0.3) is 0 Å². The second kappa shape index (κ2) is 6.70. The van der Waals surface area contributed by atoms with Gasteiger partial charge in [0.05, 0.1) is 5.92 Å². The number of hydrogen-bond donors (Lipinski definition) is 2. The first-order chi connectivity index (χ1) is 10.8. The van der Waals surface area contributed by atoms with Crippen molar-refractivity contribution < 1.29 is 19.5 Å². The molecule has 0 saturated carbocycles. The number of nitrogens with zero attached hydrogens (tertiary/aromatic N) is 1. The van der Waals surface area contributed by atoms with Gasteiger partial charge in [-0.3, -0.25) is 9.59 Å². The van der Waals surface area contributed by atoms with Crippen LogP contribution in [0, 0.1) is 5.92 Å². The Kier molecular flexibility index (Phi) is 5.09. The second-order valence-electron chi connectivity index (χ2n) is 5.87. The minimum atomic E-state index is -1.32. The number of anilines is 1. The standard InChI is InChI=1S/C16H19BrN2O4/c1-3-16(2,15(22)23)18-14(21)10-7-13(20)19(9-10)12-6-4-5-11(17)8-12/h4-6,8,10H,3,7,9H2,1-2H3,(H,18,21)(H,22,23). The number of hydrogen-bond acceptors (Lipinski definition) is 3. The van der Waals surface area contributed by atoms with Crippen LogP contribution in [0.15, 0.2) is 28.7 Å². The molecule has 1 aromatic carbocycles. The Bertz CT molecular complexity index is 649. The second-order valence-corrected chi connectivity index (χ2v) is 6.78. The first-order valence-electron chi connectivity index (χ1n) is 7.38. The van der Waals surface area contributed by atoms with Crippen LogP contribution in [0.2, 0.25) is 0 Å². The number of benzene rings is 1. The van der Waals surface area contributed by atoms with Gasteiger partial charge in [-0.1, -0.05) is 28.9 Å². The minimum Gasteiger partial charge on any atom is -0.480 e.